The number of nitrogens with one attached hydrogen (secondary N) is 1. The van der Waals surface area contributed by atoms with Crippen molar-refractivity contribution in [2.75, 3.05) is 49.5 Å². The zero-order chi connectivity index (χ0) is 27.9. The van der Waals surface area contributed by atoms with Gasteiger partial charge in [0.2, 0.25) is 5.95 Å². The quantitative estimate of drug-likeness (QED) is 0.410. The van der Waals surface area contributed by atoms with Gasteiger partial charge in [0.15, 0.2) is 0 Å². The fraction of sp³-hybridized carbons (Fsp3) is 0.308. The molecular formula is C26H27ClN6O5S. The summed E-state index contributed by atoms with van der Waals surface area (Å²) in [6.45, 7) is 5.57. The van der Waals surface area contributed by atoms with Crippen LogP contribution < -0.4 is 10.2 Å². The van der Waals surface area contributed by atoms with E-state index < -0.39 is 5.97 Å². The van der Waals surface area contributed by atoms with Gasteiger partial charge in [0.05, 0.1) is 26.0 Å². The topological polar surface area (TPSA) is 136 Å². The number of carboxylic acid groups (broad SMARTS) is 1. The summed E-state index contributed by atoms with van der Waals surface area (Å²) < 4.78 is 0.501. The molecule has 39 heavy (non-hydrogen) atoms. The lowest BCUT2D eigenvalue weighted by Crippen LogP contribution is -2.47. The molecule has 4 heterocycles. The van der Waals surface area contributed by atoms with E-state index in [1.807, 2.05) is 0 Å². The van der Waals surface area contributed by atoms with Crippen molar-refractivity contribution < 1.29 is 24.3 Å². The number of rotatable bonds is 7. The molecule has 0 unspecified atom stereocenters. The molecule has 0 radical (unpaired) electrons. The average molecular weight is 571 g/mol. The maximum atomic E-state index is 13.1. The molecular weight excluding hydrogens is 544 g/mol. The van der Waals surface area contributed by atoms with Gasteiger partial charge in [-0.1, -0.05) is 17.7 Å². The summed E-state index contributed by atoms with van der Waals surface area (Å²) in [5.41, 5.74) is 0.885. The summed E-state index contributed by atoms with van der Waals surface area (Å²) in [4.78, 5) is 62.4. The number of aromatic nitrogens is 2. The summed E-state index contributed by atoms with van der Waals surface area (Å²) in [6.07, 6.45) is 4.15. The normalized spacial score (nSPS) is 15.0. The first-order valence-corrected chi connectivity index (χ1v) is 13.4. The molecule has 2 aliphatic rings. The number of halogens is 1. The molecule has 2 aliphatic heterocycles. The van der Waals surface area contributed by atoms with Gasteiger partial charge in [-0.3, -0.25) is 29.0 Å². The first-order chi connectivity index (χ1) is 18.7. The highest BCUT2D eigenvalue weighted by molar-refractivity contribution is 7.18. The Morgan fingerprint density at radius 2 is 1.69 bits per heavy atom. The second kappa shape index (κ2) is 12.8. The van der Waals surface area contributed by atoms with E-state index in [0.29, 0.717) is 33.4 Å². The first-order valence-electron chi connectivity index (χ1n) is 12.2. The van der Waals surface area contributed by atoms with Crippen molar-refractivity contribution in [1.29, 1.82) is 0 Å². The molecule has 3 amide bonds. The lowest BCUT2D eigenvalue weighted by Gasteiger charge is -2.34. The summed E-state index contributed by atoms with van der Waals surface area (Å²) in [5, 5.41) is 10.2. The molecule has 2 aromatic heterocycles. The second-order valence-corrected chi connectivity index (χ2v) is 10.5. The zero-order valence-corrected chi connectivity index (χ0v) is 22.7. The average Bonchev–Trinajstić information content (AvgIpc) is 3.46. The fourth-order valence-corrected chi connectivity index (χ4v) is 5.28. The number of amides is 3. The number of hydrogen-bond acceptors (Lipinski definition) is 9. The van der Waals surface area contributed by atoms with E-state index in [-0.39, 0.29) is 23.3 Å². The van der Waals surface area contributed by atoms with Crippen LogP contribution in [0.1, 0.15) is 43.7 Å². The Labute approximate surface area is 234 Å². The van der Waals surface area contributed by atoms with Gasteiger partial charge in [0.1, 0.15) is 0 Å². The van der Waals surface area contributed by atoms with Gasteiger partial charge in [-0.25, -0.2) is 9.97 Å². The van der Waals surface area contributed by atoms with E-state index >= 15 is 0 Å². The predicted molar refractivity (Wildman–Crippen MR) is 148 cm³/mol. The third kappa shape index (κ3) is 6.96. The number of fused-ring (bicyclic) bond motifs is 1. The van der Waals surface area contributed by atoms with Crippen LogP contribution in [0, 0.1) is 0 Å². The number of aliphatic carboxylic acids is 1. The number of nitrogens with zero attached hydrogens (tertiary/aromatic N) is 5. The third-order valence-corrected chi connectivity index (χ3v) is 7.34. The van der Waals surface area contributed by atoms with Crippen LogP contribution in [0.5, 0.6) is 0 Å². The van der Waals surface area contributed by atoms with Crippen molar-refractivity contribution >= 4 is 58.3 Å². The molecule has 2 N–H and O–H groups in total. The highest BCUT2D eigenvalue weighted by Crippen LogP contribution is 2.31. The molecule has 0 aliphatic carbocycles. The van der Waals surface area contributed by atoms with E-state index in [1.165, 1.54) is 4.90 Å². The predicted octanol–water partition coefficient (Wildman–Crippen LogP) is 3.34. The Morgan fingerprint density at radius 1 is 1.00 bits per heavy atom. The molecule has 0 saturated carbocycles. The van der Waals surface area contributed by atoms with Gasteiger partial charge in [0, 0.05) is 52.0 Å². The molecule has 1 aromatic carbocycles. The minimum Gasteiger partial charge on any atom is -0.481 e. The third-order valence-electron chi connectivity index (χ3n) is 6.11. The number of hydrogen-bond donors (Lipinski definition) is 2. The second-order valence-electron chi connectivity index (χ2n) is 8.80. The van der Waals surface area contributed by atoms with Crippen molar-refractivity contribution in [3.63, 3.8) is 0 Å². The Balaban J connectivity index is 0.000000826. The SMILES string of the molecule is CC(=O)O.O=C(Nc1cccc2c1C(=O)N(CCCN1CCN(c3ncccn3)CC1)C2=O)c1ccc(Cl)s1. The molecule has 0 spiro atoms. The Bertz CT molecular complexity index is 1360. The number of benzene rings is 1. The van der Waals surface area contributed by atoms with Crippen LogP contribution in [0.4, 0.5) is 11.6 Å². The van der Waals surface area contributed by atoms with Crippen molar-refractivity contribution in [2.45, 2.75) is 13.3 Å². The summed E-state index contributed by atoms with van der Waals surface area (Å²) in [5.74, 6) is -1.17. The van der Waals surface area contributed by atoms with Crippen LogP contribution in [-0.2, 0) is 4.79 Å². The van der Waals surface area contributed by atoms with E-state index in [2.05, 4.69) is 25.1 Å². The van der Waals surface area contributed by atoms with Gasteiger partial charge in [-0.2, -0.15) is 0 Å². The molecule has 5 rings (SSSR count). The molecule has 0 bridgehead atoms. The number of piperazine rings is 1. The van der Waals surface area contributed by atoms with Gasteiger partial charge < -0.3 is 15.3 Å². The van der Waals surface area contributed by atoms with Gasteiger partial charge >= 0.3 is 0 Å². The number of thiophene rings is 1. The Hall–Kier alpha value is -3.87. The van der Waals surface area contributed by atoms with Crippen molar-refractivity contribution in [3.05, 3.63) is 69.1 Å². The standard InChI is InChI=1S/C24H23ClN6O3S.C2H4O2/c25-19-7-6-18(35-19)21(32)28-17-5-1-4-16-20(17)23(34)31(22(16)33)11-3-10-29-12-14-30(15-13-29)24-26-8-2-9-27-24;1-2(3)4/h1-2,4-9H,3,10-15H2,(H,28,32);1H3,(H,3,4). The Kier molecular flexibility index (Phi) is 9.23. The summed E-state index contributed by atoms with van der Waals surface area (Å²) in [6, 6.07) is 9.99. The summed E-state index contributed by atoms with van der Waals surface area (Å²) in [7, 11) is 0. The van der Waals surface area contributed by atoms with Crippen molar-refractivity contribution in [3.8, 4) is 0 Å². The van der Waals surface area contributed by atoms with E-state index in [9.17, 15) is 14.4 Å². The maximum absolute atomic E-state index is 13.1. The largest absolute Gasteiger partial charge is 0.481 e. The lowest BCUT2D eigenvalue weighted by atomic mass is 10.1. The monoisotopic (exact) mass is 570 g/mol. The van der Waals surface area contributed by atoms with E-state index in [0.717, 1.165) is 56.9 Å². The van der Waals surface area contributed by atoms with Gasteiger partial charge in [-0.05, 0) is 43.3 Å². The van der Waals surface area contributed by atoms with Gasteiger partial charge in [-0.15, -0.1) is 11.3 Å². The van der Waals surface area contributed by atoms with E-state index in [4.69, 9.17) is 21.5 Å². The number of carbonyl (C=O) groups is 4. The van der Waals surface area contributed by atoms with Crippen LogP contribution in [0.3, 0.4) is 0 Å². The molecule has 11 nitrogen and oxygen atoms in total. The molecule has 0 atom stereocenters. The molecule has 1 fully saturated rings. The van der Waals surface area contributed by atoms with Crippen molar-refractivity contribution in [2.24, 2.45) is 0 Å². The van der Waals surface area contributed by atoms with Gasteiger partial charge in [0.25, 0.3) is 23.7 Å². The molecule has 1 saturated heterocycles. The smallest absolute Gasteiger partial charge is 0.300 e. The Morgan fingerprint density at radius 3 is 2.33 bits per heavy atom. The lowest BCUT2D eigenvalue weighted by molar-refractivity contribution is -0.134. The highest BCUT2D eigenvalue weighted by Gasteiger charge is 2.37. The zero-order valence-electron chi connectivity index (χ0n) is 21.2. The molecule has 3 aromatic rings. The van der Waals surface area contributed by atoms with E-state index in [1.54, 1.807) is 48.8 Å². The minimum atomic E-state index is -0.833. The van der Waals surface area contributed by atoms with Crippen LogP contribution in [-0.4, -0.2) is 87.8 Å². The number of carboxylic acids is 1. The van der Waals surface area contributed by atoms with Crippen LogP contribution >= 0.6 is 22.9 Å². The van der Waals surface area contributed by atoms with Crippen LogP contribution in [0.25, 0.3) is 0 Å². The van der Waals surface area contributed by atoms with Crippen LogP contribution in [0.15, 0.2) is 48.8 Å². The summed E-state index contributed by atoms with van der Waals surface area (Å²) >= 11 is 7.07. The number of imide groups is 1. The highest BCUT2D eigenvalue weighted by atomic mass is 35.5. The fourth-order valence-electron chi connectivity index (χ4n) is 4.34. The first kappa shape index (κ1) is 28.1. The molecule has 204 valence electrons. The number of carbonyl (C=O) groups excluding carboxylic acids is 3. The van der Waals surface area contributed by atoms with Crippen LogP contribution in [0.2, 0.25) is 4.34 Å². The maximum Gasteiger partial charge on any atom is 0.300 e. The molecule has 13 heteroatoms. The van der Waals surface area contributed by atoms with Crippen molar-refractivity contribution in [1.82, 2.24) is 19.8 Å². The number of anilines is 2. The minimum absolute atomic E-state index is 0.241.